The molecular weight excluding hydrogens is 308 g/mol. The van der Waals surface area contributed by atoms with Crippen molar-refractivity contribution in [1.29, 1.82) is 0 Å². The molecule has 0 fully saturated rings. The molecule has 0 aliphatic rings. The standard InChI is InChI=1S/C18H16N2O4/c21-17(15-8-4-12-23-15)19-10-11-20(14-6-2-1-3-7-14)18(22)16-9-5-13-24-16/h1-9,12-13H,10-11H2,(H,19,21). The van der Waals surface area contributed by atoms with Gasteiger partial charge in [-0.1, -0.05) is 18.2 Å². The van der Waals surface area contributed by atoms with E-state index in [1.807, 2.05) is 30.3 Å². The van der Waals surface area contributed by atoms with Crippen LogP contribution >= 0.6 is 0 Å². The molecule has 0 aliphatic heterocycles. The fourth-order valence-electron chi connectivity index (χ4n) is 2.27. The van der Waals surface area contributed by atoms with Crippen LogP contribution in [-0.4, -0.2) is 24.9 Å². The van der Waals surface area contributed by atoms with Gasteiger partial charge in [-0.2, -0.15) is 0 Å². The first kappa shape index (κ1) is 15.6. The summed E-state index contributed by atoms with van der Waals surface area (Å²) in [4.78, 5) is 26.1. The Balaban J connectivity index is 1.69. The van der Waals surface area contributed by atoms with Gasteiger partial charge < -0.3 is 19.1 Å². The smallest absolute Gasteiger partial charge is 0.294 e. The van der Waals surface area contributed by atoms with Gasteiger partial charge in [-0.25, -0.2) is 0 Å². The van der Waals surface area contributed by atoms with Crippen molar-refractivity contribution in [1.82, 2.24) is 5.32 Å². The second kappa shape index (κ2) is 7.32. The Morgan fingerprint density at radius 3 is 2.17 bits per heavy atom. The van der Waals surface area contributed by atoms with Crippen LogP contribution in [0.25, 0.3) is 0 Å². The number of nitrogens with zero attached hydrogens (tertiary/aromatic N) is 1. The molecular formula is C18H16N2O4. The molecule has 3 rings (SSSR count). The number of carbonyl (C=O) groups is 2. The van der Waals surface area contributed by atoms with E-state index in [0.717, 1.165) is 5.69 Å². The largest absolute Gasteiger partial charge is 0.459 e. The van der Waals surface area contributed by atoms with Crippen molar-refractivity contribution >= 4 is 17.5 Å². The van der Waals surface area contributed by atoms with Crippen molar-refractivity contribution in [3.63, 3.8) is 0 Å². The fourth-order valence-corrected chi connectivity index (χ4v) is 2.27. The Labute approximate surface area is 138 Å². The van der Waals surface area contributed by atoms with Crippen molar-refractivity contribution in [2.75, 3.05) is 18.0 Å². The molecule has 2 heterocycles. The van der Waals surface area contributed by atoms with E-state index in [2.05, 4.69) is 5.32 Å². The van der Waals surface area contributed by atoms with Gasteiger partial charge in [0, 0.05) is 18.8 Å². The molecule has 6 nitrogen and oxygen atoms in total. The zero-order chi connectivity index (χ0) is 16.8. The minimum absolute atomic E-state index is 0.235. The summed E-state index contributed by atoms with van der Waals surface area (Å²) in [6, 6.07) is 15.7. The maximum absolute atomic E-state index is 12.6. The molecule has 0 saturated heterocycles. The highest BCUT2D eigenvalue weighted by molar-refractivity contribution is 6.04. The number of nitrogens with one attached hydrogen (secondary N) is 1. The summed E-state index contributed by atoms with van der Waals surface area (Å²) in [5.74, 6) is -0.105. The molecule has 0 saturated carbocycles. The summed E-state index contributed by atoms with van der Waals surface area (Å²) in [6.45, 7) is 0.580. The van der Waals surface area contributed by atoms with Gasteiger partial charge in [-0.3, -0.25) is 9.59 Å². The third-order valence-corrected chi connectivity index (χ3v) is 3.41. The Hall–Kier alpha value is -3.28. The van der Waals surface area contributed by atoms with E-state index in [9.17, 15) is 9.59 Å². The summed E-state index contributed by atoms with van der Waals surface area (Å²) in [5.41, 5.74) is 0.728. The van der Waals surface area contributed by atoms with Crippen molar-refractivity contribution in [3.05, 3.63) is 78.6 Å². The quantitative estimate of drug-likeness (QED) is 0.756. The number of rotatable bonds is 6. The van der Waals surface area contributed by atoms with E-state index in [1.165, 1.54) is 12.5 Å². The van der Waals surface area contributed by atoms with Crippen LogP contribution in [0.3, 0.4) is 0 Å². The van der Waals surface area contributed by atoms with Gasteiger partial charge in [0.25, 0.3) is 11.8 Å². The van der Waals surface area contributed by atoms with E-state index in [4.69, 9.17) is 8.83 Å². The lowest BCUT2D eigenvalue weighted by Gasteiger charge is -2.22. The molecule has 0 atom stereocenters. The van der Waals surface area contributed by atoms with Crippen LogP contribution in [0.1, 0.15) is 21.1 Å². The normalized spacial score (nSPS) is 10.3. The third-order valence-electron chi connectivity index (χ3n) is 3.41. The van der Waals surface area contributed by atoms with Gasteiger partial charge in [-0.15, -0.1) is 0 Å². The fraction of sp³-hybridized carbons (Fsp3) is 0.111. The number of furan rings is 2. The first-order chi connectivity index (χ1) is 11.8. The lowest BCUT2D eigenvalue weighted by molar-refractivity contribution is 0.0916. The van der Waals surface area contributed by atoms with Crippen LogP contribution in [0.4, 0.5) is 5.69 Å². The Kier molecular flexibility index (Phi) is 4.76. The highest BCUT2D eigenvalue weighted by atomic mass is 16.3. The molecule has 1 N–H and O–H groups in total. The average Bonchev–Trinajstić information content (AvgIpc) is 3.32. The van der Waals surface area contributed by atoms with Gasteiger partial charge in [0.15, 0.2) is 11.5 Å². The van der Waals surface area contributed by atoms with Crippen LogP contribution in [0.5, 0.6) is 0 Å². The van der Waals surface area contributed by atoms with E-state index < -0.39 is 0 Å². The number of hydrogen-bond donors (Lipinski definition) is 1. The molecule has 0 aliphatic carbocycles. The predicted octanol–water partition coefficient (Wildman–Crippen LogP) is 2.95. The molecule has 0 unspecified atom stereocenters. The summed E-state index contributed by atoms with van der Waals surface area (Å²) < 4.78 is 10.2. The number of benzene rings is 1. The van der Waals surface area contributed by atoms with Gasteiger partial charge in [0.2, 0.25) is 0 Å². The average molecular weight is 324 g/mol. The molecule has 3 aromatic rings. The first-order valence-electron chi connectivity index (χ1n) is 7.48. The van der Waals surface area contributed by atoms with E-state index in [1.54, 1.807) is 29.2 Å². The number of hydrogen-bond acceptors (Lipinski definition) is 4. The summed E-state index contributed by atoms with van der Waals surface area (Å²) in [5, 5.41) is 2.73. The number of carbonyl (C=O) groups excluding carboxylic acids is 2. The number of para-hydroxylation sites is 1. The third kappa shape index (κ3) is 3.55. The van der Waals surface area contributed by atoms with Crippen LogP contribution < -0.4 is 10.2 Å². The lowest BCUT2D eigenvalue weighted by atomic mass is 10.2. The van der Waals surface area contributed by atoms with Crippen molar-refractivity contribution in [2.45, 2.75) is 0 Å². The second-order valence-electron chi connectivity index (χ2n) is 5.00. The highest BCUT2D eigenvalue weighted by Crippen LogP contribution is 2.16. The Morgan fingerprint density at radius 2 is 1.54 bits per heavy atom. The Morgan fingerprint density at radius 1 is 0.875 bits per heavy atom. The molecule has 0 radical (unpaired) electrons. The molecule has 122 valence electrons. The zero-order valence-electron chi connectivity index (χ0n) is 12.8. The number of anilines is 1. The summed E-state index contributed by atoms with van der Waals surface area (Å²) in [7, 11) is 0. The van der Waals surface area contributed by atoms with Crippen LogP contribution in [-0.2, 0) is 0 Å². The van der Waals surface area contributed by atoms with Crippen LogP contribution in [0, 0.1) is 0 Å². The number of amides is 2. The van der Waals surface area contributed by atoms with Crippen LogP contribution in [0.15, 0.2) is 76.0 Å². The van der Waals surface area contributed by atoms with Crippen LogP contribution in [0.2, 0.25) is 0 Å². The molecule has 2 aromatic heterocycles. The van der Waals surface area contributed by atoms with E-state index in [-0.39, 0.29) is 29.9 Å². The maximum Gasteiger partial charge on any atom is 0.294 e. The van der Waals surface area contributed by atoms with Crippen molar-refractivity contribution in [3.8, 4) is 0 Å². The highest BCUT2D eigenvalue weighted by Gasteiger charge is 2.20. The topological polar surface area (TPSA) is 75.7 Å². The Bertz CT molecular complexity index is 780. The SMILES string of the molecule is O=C(NCCN(C(=O)c1ccco1)c1ccccc1)c1ccco1. The first-order valence-corrected chi connectivity index (χ1v) is 7.48. The molecule has 24 heavy (non-hydrogen) atoms. The monoisotopic (exact) mass is 324 g/mol. The molecule has 0 spiro atoms. The van der Waals surface area contributed by atoms with E-state index in [0.29, 0.717) is 6.54 Å². The molecule has 0 bridgehead atoms. The maximum atomic E-state index is 12.6. The second-order valence-corrected chi connectivity index (χ2v) is 5.00. The van der Waals surface area contributed by atoms with Crippen molar-refractivity contribution in [2.24, 2.45) is 0 Å². The zero-order valence-corrected chi connectivity index (χ0v) is 12.8. The molecule has 2 amide bonds. The van der Waals surface area contributed by atoms with Gasteiger partial charge in [0.05, 0.1) is 12.5 Å². The summed E-state index contributed by atoms with van der Waals surface area (Å²) in [6.07, 6.45) is 2.89. The molecule has 1 aromatic carbocycles. The van der Waals surface area contributed by atoms with E-state index >= 15 is 0 Å². The van der Waals surface area contributed by atoms with Gasteiger partial charge >= 0.3 is 0 Å². The van der Waals surface area contributed by atoms with Crippen molar-refractivity contribution < 1.29 is 18.4 Å². The van der Waals surface area contributed by atoms with Gasteiger partial charge in [0.1, 0.15) is 0 Å². The lowest BCUT2D eigenvalue weighted by Crippen LogP contribution is -2.38. The van der Waals surface area contributed by atoms with Gasteiger partial charge in [-0.05, 0) is 36.4 Å². The molecule has 6 heteroatoms. The summed E-state index contributed by atoms with van der Waals surface area (Å²) >= 11 is 0. The predicted molar refractivity (Wildman–Crippen MR) is 87.9 cm³/mol. The minimum atomic E-state index is -0.321. The minimum Gasteiger partial charge on any atom is -0.459 e.